The van der Waals surface area contributed by atoms with Crippen LogP contribution in [0.4, 0.5) is 0 Å². The minimum Gasteiger partial charge on any atom is -0.348 e. The molecule has 0 atom stereocenters. The van der Waals surface area contributed by atoms with Gasteiger partial charge in [0.1, 0.15) is 5.56 Å². The fourth-order valence-electron chi connectivity index (χ4n) is 2.95. The zero-order valence-corrected chi connectivity index (χ0v) is 15.5. The highest BCUT2D eigenvalue weighted by molar-refractivity contribution is 5.95. The van der Waals surface area contributed by atoms with Crippen molar-refractivity contribution in [2.45, 2.75) is 32.9 Å². The van der Waals surface area contributed by atoms with Crippen LogP contribution in [0.25, 0.3) is 11.1 Å². The van der Waals surface area contributed by atoms with Gasteiger partial charge in [-0.3, -0.25) is 9.59 Å². The van der Waals surface area contributed by atoms with E-state index in [2.05, 4.69) is 12.2 Å². The Bertz CT molecular complexity index is 947. The first-order chi connectivity index (χ1) is 13.2. The molecule has 1 N–H and O–H groups in total. The number of aromatic nitrogens is 1. The molecule has 2 aromatic carbocycles. The van der Waals surface area contributed by atoms with Crippen molar-refractivity contribution in [3.8, 4) is 11.1 Å². The first-order valence-electron chi connectivity index (χ1n) is 9.31. The van der Waals surface area contributed by atoms with Gasteiger partial charge in [-0.15, -0.1) is 0 Å². The first kappa shape index (κ1) is 18.6. The Kier molecular flexibility index (Phi) is 6.21. The predicted molar refractivity (Wildman–Crippen MR) is 109 cm³/mol. The average molecular weight is 360 g/mol. The van der Waals surface area contributed by atoms with Crippen molar-refractivity contribution in [1.29, 1.82) is 0 Å². The zero-order chi connectivity index (χ0) is 19.1. The number of nitrogens with one attached hydrogen (secondary N) is 1. The van der Waals surface area contributed by atoms with Crippen LogP contribution in [0.15, 0.2) is 77.7 Å². The number of nitrogens with zero attached hydrogens (tertiary/aromatic N) is 1. The van der Waals surface area contributed by atoms with Crippen molar-refractivity contribution in [2.24, 2.45) is 0 Å². The number of carbonyl (C=O) groups is 1. The van der Waals surface area contributed by atoms with E-state index in [1.165, 1.54) is 0 Å². The minimum absolute atomic E-state index is 0.184. The average Bonchev–Trinajstić information content (AvgIpc) is 2.72. The predicted octanol–water partition coefficient (Wildman–Crippen LogP) is 4.25. The van der Waals surface area contributed by atoms with Crippen LogP contribution >= 0.6 is 0 Å². The van der Waals surface area contributed by atoms with Crippen molar-refractivity contribution >= 4 is 5.91 Å². The summed E-state index contributed by atoms with van der Waals surface area (Å²) in [5.74, 6) is -0.341. The van der Waals surface area contributed by atoms with Gasteiger partial charge >= 0.3 is 0 Å². The number of hydrogen-bond donors (Lipinski definition) is 1. The Balaban J connectivity index is 1.92. The third kappa shape index (κ3) is 4.73. The van der Waals surface area contributed by atoms with Crippen molar-refractivity contribution in [3.05, 3.63) is 94.4 Å². The van der Waals surface area contributed by atoms with Gasteiger partial charge in [-0.2, -0.15) is 0 Å². The van der Waals surface area contributed by atoms with Crippen molar-refractivity contribution in [2.75, 3.05) is 0 Å². The molecule has 27 heavy (non-hydrogen) atoms. The van der Waals surface area contributed by atoms with E-state index < -0.39 is 0 Å². The van der Waals surface area contributed by atoms with Gasteiger partial charge in [0.15, 0.2) is 0 Å². The summed E-state index contributed by atoms with van der Waals surface area (Å²) in [4.78, 5) is 25.5. The second kappa shape index (κ2) is 8.99. The SMILES string of the molecule is CCCCn1cc(-c2ccccc2)cc(C(=O)NCc2ccccc2)c1=O. The van der Waals surface area contributed by atoms with Crippen LogP contribution in [0.5, 0.6) is 0 Å². The Morgan fingerprint density at radius 1 is 0.963 bits per heavy atom. The normalized spacial score (nSPS) is 10.6. The second-order valence-corrected chi connectivity index (χ2v) is 6.53. The number of pyridine rings is 1. The largest absolute Gasteiger partial charge is 0.348 e. The molecule has 0 aliphatic rings. The molecule has 0 saturated heterocycles. The fraction of sp³-hybridized carbons (Fsp3) is 0.217. The molecule has 0 unspecified atom stereocenters. The molecule has 0 aliphatic heterocycles. The summed E-state index contributed by atoms with van der Waals surface area (Å²) in [6.07, 6.45) is 3.72. The van der Waals surface area contributed by atoms with Gasteiger partial charge in [-0.25, -0.2) is 0 Å². The van der Waals surface area contributed by atoms with Gasteiger partial charge in [0.05, 0.1) is 0 Å². The number of carbonyl (C=O) groups excluding carboxylic acids is 1. The molecule has 0 bridgehead atoms. The number of hydrogen-bond acceptors (Lipinski definition) is 2. The van der Waals surface area contributed by atoms with E-state index in [-0.39, 0.29) is 17.0 Å². The van der Waals surface area contributed by atoms with Gasteiger partial charge in [-0.05, 0) is 29.2 Å². The second-order valence-electron chi connectivity index (χ2n) is 6.53. The molecular formula is C23H24N2O2. The third-order valence-corrected chi connectivity index (χ3v) is 4.49. The minimum atomic E-state index is -0.341. The molecule has 0 radical (unpaired) electrons. The summed E-state index contributed by atoms with van der Waals surface area (Å²) in [6.45, 7) is 3.08. The maximum absolute atomic E-state index is 12.8. The van der Waals surface area contributed by atoms with Crippen molar-refractivity contribution < 1.29 is 4.79 Å². The molecule has 3 aromatic rings. The van der Waals surface area contributed by atoms with E-state index in [4.69, 9.17) is 0 Å². The molecule has 0 aliphatic carbocycles. The topological polar surface area (TPSA) is 51.1 Å². The van der Waals surface area contributed by atoms with Crippen LogP contribution in [0, 0.1) is 0 Å². The van der Waals surface area contributed by atoms with E-state index in [0.29, 0.717) is 13.1 Å². The highest BCUT2D eigenvalue weighted by atomic mass is 16.2. The fourth-order valence-corrected chi connectivity index (χ4v) is 2.95. The number of benzene rings is 2. The van der Waals surface area contributed by atoms with Crippen molar-refractivity contribution in [1.82, 2.24) is 9.88 Å². The lowest BCUT2D eigenvalue weighted by Gasteiger charge is -2.12. The molecule has 3 rings (SSSR count). The number of amides is 1. The van der Waals surface area contributed by atoms with Crippen LogP contribution in [0.1, 0.15) is 35.7 Å². The van der Waals surface area contributed by atoms with Gasteiger partial charge in [0, 0.05) is 19.3 Å². The van der Waals surface area contributed by atoms with E-state index in [9.17, 15) is 9.59 Å². The molecule has 1 heterocycles. The summed E-state index contributed by atoms with van der Waals surface area (Å²) >= 11 is 0. The lowest BCUT2D eigenvalue weighted by atomic mass is 10.1. The van der Waals surface area contributed by atoms with Crippen LogP contribution in [0.2, 0.25) is 0 Å². The molecule has 1 aromatic heterocycles. The molecule has 0 saturated carbocycles. The maximum Gasteiger partial charge on any atom is 0.263 e. The van der Waals surface area contributed by atoms with Gasteiger partial charge in [0.25, 0.3) is 11.5 Å². The molecule has 0 spiro atoms. The van der Waals surface area contributed by atoms with Crippen LogP contribution in [-0.2, 0) is 13.1 Å². The van der Waals surface area contributed by atoms with Crippen LogP contribution in [0.3, 0.4) is 0 Å². The molecule has 1 amide bonds. The summed E-state index contributed by atoms with van der Waals surface area (Å²) in [5, 5.41) is 2.87. The molecular weight excluding hydrogens is 336 g/mol. The van der Waals surface area contributed by atoms with E-state index in [0.717, 1.165) is 29.5 Å². The quantitative estimate of drug-likeness (QED) is 0.685. The maximum atomic E-state index is 12.8. The lowest BCUT2D eigenvalue weighted by molar-refractivity contribution is 0.0949. The molecule has 0 fully saturated rings. The Morgan fingerprint density at radius 2 is 1.63 bits per heavy atom. The van der Waals surface area contributed by atoms with Gasteiger partial charge < -0.3 is 9.88 Å². The Morgan fingerprint density at radius 3 is 2.30 bits per heavy atom. The summed E-state index contributed by atoms with van der Waals surface area (Å²) in [7, 11) is 0. The van der Waals surface area contributed by atoms with Gasteiger partial charge in [0.2, 0.25) is 0 Å². The Hall–Kier alpha value is -3.14. The number of rotatable bonds is 7. The lowest BCUT2D eigenvalue weighted by Crippen LogP contribution is -2.33. The smallest absolute Gasteiger partial charge is 0.263 e. The van der Waals surface area contributed by atoms with Crippen molar-refractivity contribution in [3.63, 3.8) is 0 Å². The summed E-state index contributed by atoms with van der Waals surface area (Å²) in [6, 6.07) is 21.2. The van der Waals surface area contributed by atoms with Crippen LogP contribution < -0.4 is 10.9 Å². The first-order valence-corrected chi connectivity index (χ1v) is 9.31. The summed E-state index contributed by atoms with van der Waals surface area (Å²) in [5.41, 5.74) is 2.80. The third-order valence-electron chi connectivity index (χ3n) is 4.49. The van der Waals surface area contributed by atoms with Gasteiger partial charge in [-0.1, -0.05) is 74.0 Å². The standard InChI is InChI=1S/C23H24N2O2/c1-2-3-14-25-17-20(19-12-8-5-9-13-19)15-21(23(25)27)22(26)24-16-18-10-6-4-7-11-18/h4-13,15,17H,2-3,14,16H2,1H3,(H,24,26). The number of unbranched alkanes of at least 4 members (excludes halogenated alkanes) is 1. The van der Waals surface area contributed by atoms with E-state index >= 15 is 0 Å². The highest BCUT2D eigenvalue weighted by Crippen LogP contribution is 2.19. The van der Waals surface area contributed by atoms with E-state index in [1.54, 1.807) is 10.6 Å². The van der Waals surface area contributed by atoms with E-state index in [1.807, 2.05) is 66.9 Å². The number of aryl methyl sites for hydroxylation is 1. The highest BCUT2D eigenvalue weighted by Gasteiger charge is 2.15. The molecule has 4 heteroatoms. The molecule has 138 valence electrons. The monoisotopic (exact) mass is 360 g/mol. The Labute approximate surface area is 159 Å². The molecule has 4 nitrogen and oxygen atoms in total. The van der Waals surface area contributed by atoms with Crippen LogP contribution in [-0.4, -0.2) is 10.5 Å². The summed E-state index contributed by atoms with van der Waals surface area (Å²) < 4.78 is 1.66. The zero-order valence-electron chi connectivity index (χ0n) is 15.5.